The van der Waals surface area contributed by atoms with E-state index in [0.717, 1.165) is 23.3 Å². The van der Waals surface area contributed by atoms with E-state index in [2.05, 4.69) is 5.32 Å². The minimum atomic E-state index is -0.999. The second-order valence-corrected chi connectivity index (χ2v) is 5.24. The zero-order valence-corrected chi connectivity index (χ0v) is 12.5. The highest BCUT2D eigenvalue weighted by molar-refractivity contribution is 5.97. The van der Waals surface area contributed by atoms with Crippen LogP contribution in [0.1, 0.15) is 21.5 Å². The Bertz CT molecular complexity index is 730. The van der Waals surface area contributed by atoms with Gasteiger partial charge < -0.3 is 11.1 Å². The van der Waals surface area contributed by atoms with Gasteiger partial charge in [-0.3, -0.25) is 9.59 Å². The lowest BCUT2D eigenvalue weighted by molar-refractivity contribution is -0.119. The van der Waals surface area contributed by atoms with Crippen LogP contribution in [0.2, 0.25) is 0 Å². The summed E-state index contributed by atoms with van der Waals surface area (Å²) in [6.45, 7) is 1.93. The van der Waals surface area contributed by atoms with E-state index < -0.39 is 29.5 Å². The third-order valence-electron chi connectivity index (χ3n) is 3.38. The fraction of sp³-hybridized carbons (Fsp3) is 0.176. The molecule has 0 spiro atoms. The third kappa shape index (κ3) is 4.35. The van der Waals surface area contributed by atoms with Gasteiger partial charge in [0.15, 0.2) is 0 Å². The van der Waals surface area contributed by atoms with Crippen molar-refractivity contribution in [1.29, 1.82) is 0 Å². The van der Waals surface area contributed by atoms with Gasteiger partial charge in [-0.15, -0.1) is 0 Å². The molecule has 23 heavy (non-hydrogen) atoms. The van der Waals surface area contributed by atoms with E-state index in [1.165, 1.54) is 0 Å². The average Bonchev–Trinajstić information content (AvgIpc) is 2.48. The smallest absolute Gasteiger partial charge is 0.254 e. The highest BCUT2D eigenvalue weighted by atomic mass is 19.1. The van der Waals surface area contributed by atoms with Crippen molar-refractivity contribution in [3.05, 3.63) is 70.8 Å². The number of halogens is 2. The first-order valence-electron chi connectivity index (χ1n) is 6.97. The topological polar surface area (TPSA) is 72.2 Å². The summed E-state index contributed by atoms with van der Waals surface area (Å²) >= 11 is 0. The predicted octanol–water partition coefficient (Wildman–Crippen LogP) is 2.10. The van der Waals surface area contributed by atoms with Crippen LogP contribution in [0.4, 0.5) is 8.78 Å². The number of amides is 2. The molecule has 0 saturated heterocycles. The quantitative estimate of drug-likeness (QED) is 0.886. The zero-order chi connectivity index (χ0) is 17.0. The van der Waals surface area contributed by atoms with Crippen LogP contribution in [0.25, 0.3) is 0 Å². The molecular formula is C17H16F2N2O2. The number of aryl methyl sites for hydroxylation is 1. The largest absolute Gasteiger partial charge is 0.368 e. The number of hydrogen-bond donors (Lipinski definition) is 2. The molecule has 0 saturated carbocycles. The SMILES string of the molecule is Cc1ccc(C[C@@H](NC(=O)c2ccc(F)cc2F)C(N)=O)cc1. The van der Waals surface area contributed by atoms with Crippen molar-refractivity contribution in [2.75, 3.05) is 0 Å². The second kappa shape index (κ2) is 7.00. The van der Waals surface area contributed by atoms with Crippen LogP contribution in [0.15, 0.2) is 42.5 Å². The van der Waals surface area contributed by atoms with Gasteiger partial charge in [-0.2, -0.15) is 0 Å². The summed E-state index contributed by atoms with van der Waals surface area (Å²) in [7, 11) is 0. The Hall–Kier alpha value is -2.76. The molecule has 0 heterocycles. The molecule has 0 aliphatic rings. The highest BCUT2D eigenvalue weighted by Crippen LogP contribution is 2.11. The van der Waals surface area contributed by atoms with Crippen molar-refractivity contribution in [1.82, 2.24) is 5.32 Å². The number of carbonyl (C=O) groups excluding carboxylic acids is 2. The summed E-state index contributed by atoms with van der Waals surface area (Å²) in [6, 6.07) is 8.97. The predicted molar refractivity (Wildman–Crippen MR) is 81.7 cm³/mol. The lowest BCUT2D eigenvalue weighted by Gasteiger charge is -2.16. The number of primary amides is 1. The van der Waals surface area contributed by atoms with E-state index >= 15 is 0 Å². The average molecular weight is 318 g/mol. The Kier molecular flexibility index (Phi) is 5.05. The van der Waals surface area contributed by atoms with Gasteiger partial charge in [0.25, 0.3) is 5.91 Å². The monoisotopic (exact) mass is 318 g/mol. The molecule has 6 heteroatoms. The molecule has 1 atom stereocenters. The molecule has 3 N–H and O–H groups in total. The maximum absolute atomic E-state index is 13.6. The molecule has 2 aromatic carbocycles. The highest BCUT2D eigenvalue weighted by Gasteiger charge is 2.21. The van der Waals surface area contributed by atoms with Crippen LogP contribution in [0.3, 0.4) is 0 Å². The molecular weight excluding hydrogens is 302 g/mol. The first-order valence-corrected chi connectivity index (χ1v) is 6.97. The van der Waals surface area contributed by atoms with E-state index in [0.29, 0.717) is 6.07 Å². The Morgan fingerprint density at radius 1 is 1.13 bits per heavy atom. The third-order valence-corrected chi connectivity index (χ3v) is 3.38. The molecule has 0 aliphatic carbocycles. The van der Waals surface area contributed by atoms with Gasteiger partial charge in [-0.1, -0.05) is 29.8 Å². The molecule has 0 radical (unpaired) electrons. The molecule has 2 amide bonds. The minimum absolute atomic E-state index is 0.185. The number of carbonyl (C=O) groups is 2. The lowest BCUT2D eigenvalue weighted by Crippen LogP contribution is -2.46. The van der Waals surface area contributed by atoms with Crippen molar-refractivity contribution >= 4 is 11.8 Å². The summed E-state index contributed by atoms with van der Waals surface area (Å²) in [4.78, 5) is 23.6. The van der Waals surface area contributed by atoms with Crippen molar-refractivity contribution in [2.45, 2.75) is 19.4 Å². The van der Waals surface area contributed by atoms with E-state index in [4.69, 9.17) is 5.73 Å². The molecule has 2 aromatic rings. The molecule has 0 aromatic heterocycles. The Morgan fingerprint density at radius 2 is 1.78 bits per heavy atom. The minimum Gasteiger partial charge on any atom is -0.368 e. The number of hydrogen-bond acceptors (Lipinski definition) is 2. The van der Waals surface area contributed by atoms with E-state index in [1.807, 2.05) is 31.2 Å². The van der Waals surface area contributed by atoms with Gasteiger partial charge in [-0.05, 0) is 24.6 Å². The molecule has 0 aliphatic heterocycles. The molecule has 0 fully saturated rings. The van der Waals surface area contributed by atoms with Crippen LogP contribution >= 0.6 is 0 Å². The molecule has 120 valence electrons. The number of rotatable bonds is 5. The molecule has 2 rings (SSSR count). The van der Waals surface area contributed by atoms with Gasteiger partial charge in [0, 0.05) is 12.5 Å². The maximum atomic E-state index is 13.6. The van der Waals surface area contributed by atoms with Gasteiger partial charge in [-0.25, -0.2) is 8.78 Å². The molecule has 0 unspecified atom stereocenters. The van der Waals surface area contributed by atoms with Gasteiger partial charge in [0.2, 0.25) is 5.91 Å². The fourth-order valence-electron chi connectivity index (χ4n) is 2.09. The van der Waals surface area contributed by atoms with Crippen LogP contribution in [0.5, 0.6) is 0 Å². The van der Waals surface area contributed by atoms with E-state index in [9.17, 15) is 18.4 Å². The standard InChI is InChI=1S/C17H16F2N2O2/c1-10-2-4-11(5-3-10)8-15(16(20)22)21-17(23)13-7-6-12(18)9-14(13)19/h2-7,9,15H,8H2,1H3,(H2,20,22)(H,21,23)/t15-/m1/s1. The summed E-state index contributed by atoms with van der Waals surface area (Å²) in [5.74, 6) is -3.34. The first kappa shape index (κ1) is 16.6. The van der Waals surface area contributed by atoms with Gasteiger partial charge in [0.1, 0.15) is 17.7 Å². The van der Waals surface area contributed by atoms with Crippen LogP contribution in [-0.2, 0) is 11.2 Å². The van der Waals surface area contributed by atoms with Crippen molar-refractivity contribution in [3.8, 4) is 0 Å². The fourth-order valence-corrected chi connectivity index (χ4v) is 2.09. The summed E-state index contributed by atoms with van der Waals surface area (Å²) < 4.78 is 26.5. The summed E-state index contributed by atoms with van der Waals surface area (Å²) in [5.41, 5.74) is 6.81. The summed E-state index contributed by atoms with van der Waals surface area (Å²) in [6.07, 6.45) is 0.185. The first-order chi connectivity index (χ1) is 10.9. The van der Waals surface area contributed by atoms with Crippen LogP contribution < -0.4 is 11.1 Å². The van der Waals surface area contributed by atoms with Gasteiger partial charge in [0.05, 0.1) is 5.56 Å². The van der Waals surface area contributed by atoms with Crippen molar-refractivity contribution in [3.63, 3.8) is 0 Å². The molecule has 4 nitrogen and oxygen atoms in total. The number of benzene rings is 2. The van der Waals surface area contributed by atoms with Crippen molar-refractivity contribution in [2.24, 2.45) is 5.73 Å². The number of nitrogens with one attached hydrogen (secondary N) is 1. The second-order valence-electron chi connectivity index (χ2n) is 5.24. The Labute approximate surface area is 132 Å². The van der Waals surface area contributed by atoms with Crippen molar-refractivity contribution < 1.29 is 18.4 Å². The van der Waals surface area contributed by atoms with E-state index in [1.54, 1.807) is 0 Å². The lowest BCUT2D eigenvalue weighted by atomic mass is 10.0. The maximum Gasteiger partial charge on any atom is 0.254 e. The number of nitrogens with two attached hydrogens (primary N) is 1. The van der Waals surface area contributed by atoms with Gasteiger partial charge >= 0.3 is 0 Å². The van der Waals surface area contributed by atoms with Crippen LogP contribution in [0, 0.1) is 18.6 Å². The summed E-state index contributed by atoms with van der Waals surface area (Å²) in [5, 5.41) is 2.38. The Morgan fingerprint density at radius 3 is 2.35 bits per heavy atom. The van der Waals surface area contributed by atoms with E-state index in [-0.39, 0.29) is 12.0 Å². The Balaban J connectivity index is 2.14. The normalized spacial score (nSPS) is 11.8. The van der Waals surface area contributed by atoms with Crippen LogP contribution in [-0.4, -0.2) is 17.9 Å². The zero-order valence-electron chi connectivity index (χ0n) is 12.5. The molecule has 0 bridgehead atoms.